The van der Waals surface area contributed by atoms with Gasteiger partial charge in [-0.05, 0) is 50.5 Å². The number of hydrogen-bond donors (Lipinski definition) is 2. The number of hydrogen-bond acceptors (Lipinski definition) is 4. The zero-order valence-corrected chi connectivity index (χ0v) is 18.6. The molecule has 6 nitrogen and oxygen atoms in total. The summed E-state index contributed by atoms with van der Waals surface area (Å²) >= 11 is 0. The van der Waals surface area contributed by atoms with Crippen LogP contribution in [-0.4, -0.2) is 33.3 Å². The SMILES string of the molecule is C#CC1(CC(=O)C(=O)c2c(C)c(C(=O)Nc3ccc(F)c(C(F)(F)F)c3)n(C)c2C)CC(O)C1. The number of aliphatic hydroxyl groups excluding tert-OH is 1. The van der Waals surface area contributed by atoms with Gasteiger partial charge in [-0.2, -0.15) is 13.2 Å². The molecule has 0 aliphatic heterocycles. The first-order valence-corrected chi connectivity index (χ1v) is 10.3. The predicted molar refractivity (Wildman–Crippen MR) is 115 cm³/mol. The Labute approximate surface area is 193 Å². The maximum atomic E-state index is 13.5. The lowest BCUT2D eigenvalue weighted by molar-refractivity contribution is -0.140. The topological polar surface area (TPSA) is 88.4 Å². The second kappa shape index (κ2) is 8.72. The maximum absolute atomic E-state index is 13.5. The fourth-order valence-corrected chi connectivity index (χ4v) is 4.33. The molecular formula is C24H22F4N2O4. The molecule has 3 rings (SSSR count). The Hall–Kier alpha value is -3.45. The van der Waals surface area contributed by atoms with Crippen molar-refractivity contribution in [3.05, 3.63) is 52.1 Å². The van der Waals surface area contributed by atoms with E-state index in [-0.39, 0.29) is 41.8 Å². The van der Waals surface area contributed by atoms with Crippen molar-refractivity contribution in [3.8, 4) is 12.3 Å². The number of amides is 1. The van der Waals surface area contributed by atoms with Crippen LogP contribution in [0.25, 0.3) is 0 Å². The van der Waals surface area contributed by atoms with Crippen LogP contribution in [0, 0.1) is 37.4 Å². The number of ketones is 2. The Bertz CT molecular complexity index is 1230. The van der Waals surface area contributed by atoms with E-state index < -0.39 is 46.5 Å². The second-order valence-electron chi connectivity index (χ2n) is 8.56. The zero-order valence-electron chi connectivity index (χ0n) is 18.6. The maximum Gasteiger partial charge on any atom is 0.419 e. The van der Waals surface area contributed by atoms with Crippen molar-refractivity contribution >= 4 is 23.2 Å². The molecular weight excluding hydrogens is 456 g/mol. The molecule has 10 heteroatoms. The molecule has 0 saturated heterocycles. The summed E-state index contributed by atoms with van der Waals surface area (Å²) in [6.07, 6.45) is 0.0865. The summed E-state index contributed by atoms with van der Waals surface area (Å²) in [5, 5.41) is 11.8. The summed E-state index contributed by atoms with van der Waals surface area (Å²) in [5.41, 5.74) is -2.29. The molecule has 1 amide bonds. The lowest BCUT2D eigenvalue weighted by atomic mass is 9.64. The zero-order chi connectivity index (χ0) is 25.6. The number of carbonyl (C=O) groups excluding carboxylic acids is 3. The van der Waals surface area contributed by atoms with Crippen LogP contribution in [0.3, 0.4) is 0 Å². The Balaban J connectivity index is 1.88. The van der Waals surface area contributed by atoms with Crippen LogP contribution < -0.4 is 5.32 Å². The smallest absolute Gasteiger partial charge is 0.393 e. The number of benzene rings is 1. The molecule has 1 heterocycles. The van der Waals surface area contributed by atoms with E-state index in [0.717, 1.165) is 6.07 Å². The Morgan fingerprint density at radius 1 is 1.26 bits per heavy atom. The predicted octanol–water partition coefficient (Wildman–Crippen LogP) is 3.97. The van der Waals surface area contributed by atoms with Gasteiger partial charge in [0.1, 0.15) is 11.5 Å². The molecule has 1 aromatic heterocycles. The third-order valence-electron chi connectivity index (χ3n) is 6.21. The van der Waals surface area contributed by atoms with Crippen LogP contribution in [0.15, 0.2) is 18.2 Å². The monoisotopic (exact) mass is 478 g/mol. The van der Waals surface area contributed by atoms with E-state index in [9.17, 15) is 37.1 Å². The number of halogens is 4. The van der Waals surface area contributed by atoms with Crippen LogP contribution in [0.2, 0.25) is 0 Å². The van der Waals surface area contributed by atoms with Crippen molar-refractivity contribution in [2.75, 3.05) is 5.32 Å². The molecule has 34 heavy (non-hydrogen) atoms. The van der Waals surface area contributed by atoms with Gasteiger partial charge in [0.2, 0.25) is 11.6 Å². The van der Waals surface area contributed by atoms with Gasteiger partial charge >= 0.3 is 6.18 Å². The molecule has 0 unspecified atom stereocenters. The quantitative estimate of drug-likeness (QED) is 0.285. The highest BCUT2D eigenvalue weighted by Crippen LogP contribution is 2.44. The number of Topliss-reactive ketones (excluding diaryl/α,β-unsaturated/α-hetero) is 2. The van der Waals surface area contributed by atoms with Crippen LogP contribution >= 0.6 is 0 Å². The van der Waals surface area contributed by atoms with Gasteiger partial charge in [0.25, 0.3) is 5.91 Å². The molecule has 0 bridgehead atoms. The summed E-state index contributed by atoms with van der Waals surface area (Å²) in [6.45, 7) is 2.96. The van der Waals surface area contributed by atoms with E-state index in [1.54, 1.807) is 0 Å². The minimum absolute atomic E-state index is 0.000204. The molecule has 0 radical (unpaired) electrons. The molecule has 1 aliphatic rings. The highest BCUT2D eigenvalue weighted by molar-refractivity contribution is 6.44. The first-order valence-electron chi connectivity index (χ1n) is 10.3. The lowest BCUT2D eigenvalue weighted by Gasteiger charge is -2.40. The van der Waals surface area contributed by atoms with Gasteiger partial charge in [0.15, 0.2) is 0 Å². The number of aliphatic hydroxyl groups is 1. The van der Waals surface area contributed by atoms with E-state index in [2.05, 4.69) is 11.2 Å². The third kappa shape index (κ3) is 4.48. The molecule has 0 atom stereocenters. The van der Waals surface area contributed by atoms with Crippen molar-refractivity contribution in [2.45, 2.75) is 45.4 Å². The summed E-state index contributed by atoms with van der Waals surface area (Å²) in [7, 11) is 1.47. The van der Waals surface area contributed by atoms with Gasteiger partial charge in [0.05, 0.1) is 17.2 Å². The fraction of sp³-hybridized carbons (Fsp3) is 0.375. The van der Waals surface area contributed by atoms with E-state index in [1.807, 2.05) is 0 Å². The molecule has 1 aliphatic carbocycles. The van der Waals surface area contributed by atoms with Crippen molar-refractivity contribution in [1.29, 1.82) is 0 Å². The third-order valence-corrected chi connectivity index (χ3v) is 6.21. The number of aromatic nitrogens is 1. The Morgan fingerprint density at radius 3 is 2.41 bits per heavy atom. The van der Waals surface area contributed by atoms with Gasteiger partial charge in [0, 0.05) is 30.3 Å². The van der Waals surface area contributed by atoms with Gasteiger partial charge in [-0.1, -0.05) is 5.92 Å². The number of rotatable bonds is 6. The lowest BCUT2D eigenvalue weighted by Crippen LogP contribution is -2.42. The number of carbonyl (C=O) groups is 3. The van der Waals surface area contributed by atoms with Crippen molar-refractivity contribution < 1.29 is 37.1 Å². The highest BCUT2D eigenvalue weighted by Gasteiger charge is 2.45. The molecule has 1 aromatic carbocycles. The summed E-state index contributed by atoms with van der Waals surface area (Å²) in [5.74, 6) is -1.44. The number of terminal acetylenes is 1. The van der Waals surface area contributed by atoms with Crippen molar-refractivity contribution in [1.82, 2.24) is 4.57 Å². The summed E-state index contributed by atoms with van der Waals surface area (Å²) in [6, 6.07) is 2.05. The number of anilines is 1. The number of alkyl halides is 3. The molecule has 2 aromatic rings. The highest BCUT2D eigenvalue weighted by atomic mass is 19.4. The molecule has 1 saturated carbocycles. The van der Waals surface area contributed by atoms with Crippen LogP contribution in [-0.2, 0) is 18.0 Å². The molecule has 0 spiro atoms. The second-order valence-corrected chi connectivity index (χ2v) is 8.56. The van der Waals surface area contributed by atoms with Crippen LogP contribution in [0.4, 0.5) is 23.2 Å². The molecule has 180 valence electrons. The average molecular weight is 478 g/mol. The summed E-state index contributed by atoms with van der Waals surface area (Å²) < 4.78 is 53.8. The van der Waals surface area contributed by atoms with Gasteiger partial charge in [-0.15, -0.1) is 6.42 Å². The van der Waals surface area contributed by atoms with Gasteiger partial charge in [-0.25, -0.2) is 4.39 Å². The Kier molecular flexibility index (Phi) is 6.46. The normalized spacial score (nSPS) is 19.8. The van der Waals surface area contributed by atoms with Crippen LogP contribution in [0.5, 0.6) is 0 Å². The van der Waals surface area contributed by atoms with Crippen LogP contribution in [0.1, 0.15) is 56.9 Å². The number of nitrogens with one attached hydrogen (secondary N) is 1. The minimum atomic E-state index is -4.95. The van der Waals surface area contributed by atoms with E-state index in [4.69, 9.17) is 6.42 Å². The van der Waals surface area contributed by atoms with Gasteiger partial charge < -0.3 is 15.0 Å². The van der Waals surface area contributed by atoms with E-state index in [0.29, 0.717) is 17.8 Å². The van der Waals surface area contributed by atoms with Crippen molar-refractivity contribution in [3.63, 3.8) is 0 Å². The fourth-order valence-electron chi connectivity index (χ4n) is 4.33. The Morgan fingerprint density at radius 2 is 1.88 bits per heavy atom. The standard InChI is InChI=1S/C24H22F4N2O4/c1-5-23(9-15(31)10-23)11-18(32)21(33)19-12(2)20(30(4)13(19)3)22(34)29-14-6-7-17(25)16(8-14)24(26,27)28/h1,6-8,15,31H,9-11H2,2-4H3,(H,29,34). The average Bonchev–Trinajstić information content (AvgIpc) is 2.94. The largest absolute Gasteiger partial charge is 0.419 e. The number of nitrogens with zero attached hydrogens (tertiary/aromatic N) is 1. The minimum Gasteiger partial charge on any atom is -0.393 e. The molecule has 1 fully saturated rings. The first-order chi connectivity index (χ1) is 15.7. The molecule has 2 N–H and O–H groups in total. The van der Waals surface area contributed by atoms with Crippen molar-refractivity contribution in [2.24, 2.45) is 12.5 Å². The van der Waals surface area contributed by atoms with E-state index >= 15 is 0 Å². The first kappa shape index (κ1) is 25.2. The van der Waals surface area contributed by atoms with Gasteiger partial charge in [-0.3, -0.25) is 14.4 Å². The van der Waals surface area contributed by atoms with E-state index in [1.165, 1.54) is 25.5 Å². The summed E-state index contributed by atoms with van der Waals surface area (Å²) in [4.78, 5) is 38.5.